The molecule has 2 aromatic rings. The largest absolute Gasteiger partial charge is 0.461 e. The molecule has 6 nitrogen and oxygen atoms in total. The molecular formula is C20H23NO5. The monoisotopic (exact) mass is 357 g/mol. The summed E-state index contributed by atoms with van der Waals surface area (Å²) in [6.07, 6.45) is -0.536. The predicted octanol–water partition coefficient (Wildman–Crippen LogP) is 2.75. The number of aliphatic hydroxyl groups is 1. The predicted molar refractivity (Wildman–Crippen MR) is 96.1 cm³/mol. The van der Waals surface area contributed by atoms with Crippen molar-refractivity contribution in [3.8, 4) is 0 Å². The van der Waals surface area contributed by atoms with E-state index >= 15 is 0 Å². The zero-order valence-electron chi connectivity index (χ0n) is 14.5. The van der Waals surface area contributed by atoms with E-state index in [1.54, 1.807) is 0 Å². The molecule has 1 amide bonds. The van der Waals surface area contributed by atoms with Crippen LogP contribution in [-0.2, 0) is 27.5 Å². The minimum Gasteiger partial charge on any atom is -0.461 e. The lowest BCUT2D eigenvalue weighted by atomic mass is 10.2. The number of ether oxygens (including phenoxy) is 2. The Morgan fingerprint density at radius 1 is 0.808 bits per heavy atom. The lowest BCUT2D eigenvalue weighted by Crippen LogP contribution is -2.36. The number of carbonyl (C=O) groups excluding carboxylic acids is 2. The van der Waals surface area contributed by atoms with Crippen molar-refractivity contribution in [2.75, 3.05) is 19.7 Å². The van der Waals surface area contributed by atoms with Crippen LogP contribution < -0.4 is 0 Å². The SMILES string of the molecule is O=C(CCN(CCO)C(=O)OCc1ccccc1)OCc1ccccc1. The molecule has 0 aliphatic carbocycles. The lowest BCUT2D eigenvalue weighted by Gasteiger charge is -2.20. The normalized spacial score (nSPS) is 10.2. The number of benzene rings is 2. The van der Waals surface area contributed by atoms with Crippen LogP contribution in [0.1, 0.15) is 17.5 Å². The summed E-state index contributed by atoms with van der Waals surface area (Å²) in [6.45, 7) is 0.346. The van der Waals surface area contributed by atoms with Gasteiger partial charge in [-0.2, -0.15) is 0 Å². The van der Waals surface area contributed by atoms with E-state index in [0.29, 0.717) is 0 Å². The van der Waals surface area contributed by atoms with Crippen molar-refractivity contribution >= 4 is 12.1 Å². The molecular weight excluding hydrogens is 334 g/mol. The number of hydrogen-bond donors (Lipinski definition) is 1. The fourth-order valence-corrected chi connectivity index (χ4v) is 2.26. The summed E-state index contributed by atoms with van der Waals surface area (Å²) in [6, 6.07) is 18.7. The quantitative estimate of drug-likeness (QED) is 0.699. The van der Waals surface area contributed by atoms with Crippen LogP contribution in [-0.4, -0.2) is 41.8 Å². The average molecular weight is 357 g/mol. The highest BCUT2D eigenvalue weighted by atomic mass is 16.6. The first-order valence-corrected chi connectivity index (χ1v) is 8.45. The summed E-state index contributed by atoms with van der Waals surface area (Å²) in [5.41, 5.74) is 1.77. The van der Waals surface area contributed by atoms with Crippen LogP contribution in [0.25, 0.3) is 0 Å². The average Bonchev–Trinajstić information content (AvgIpc) is 2.69. The van der Waals surface area contributed by atoms with E-state index in [4.69, 9.17) is 14.6 Å². The molecule has 2 aromatic carbocycles. The lowest BCUT2D eigenvalue weighted by molar-refractivity contribution is -0.145. The second-order valence-corrected chi connectivity index (χ2v) is 5.65. The van der Waals surface area contributed by atoms with Crippen LogP contribution in [0.3, 0.4) is 0 Å². The summed E-state index contributed by atoms with van der Waals surface area (Å²) in [5.74, 6) is -0.410. The molecule has 0 radical (unpaired) electrons. The minimum absolute atomic E-state index is 0.0350. The third kappa shape index (κ3) is 6.94. The van der Waals surface area contributed by atoms with Crippen LogP contribution in [0.4, 0.5) is 4.79 Å². The standard InChI is InChI=1S/C20H23NO5/c22-14-13-21(20(24)26-16-18-9-5-2-6-10-18)12-11-19(23)25-15-17-7-3-1-4-8-17/h1-10,22H,11-16H2. The van der Waals surface area contributed by atoms with Gasteiger partial charge in [-0.15, -0.1) is 0 Å². The molecule has 0 saturated heterocycles. The van der Waals surface area contributed by atoms with Gasteiger partial charge < -0.3 is 19.5 Å². The number of esters is 1. The topological polar surface area (TPSA) is 76.1 Å². The smallest absolute Gasteiger partial charge is 0.410 e. The van der Waals surface area contributed by atoms with Crippen LogP contribution >= 0.6 is 0 Å². The Kier molecular flexibility index (Phi) is 8.15. The van der Waals surface area contributed by atoms with Gasteiger partial charge in [0.25, 0.3) is 0 Å². The first-order chi connectivity index (χ1) is 12.7. The van der Waals surface area contributed by atoms with Gasteiger partial charge in [0.15, 0.2) is 0 Å². The maximum absolute atomic E-state index is 12.1. The molecule has 0 aromatic heterocycles. The zero-order chi connectivity index (χ0) is 18.6. The van der Waals surface area contributed by atoms with Gasteiger partial charge in [0, 0.05) is 13.1 Å². The Balaban J connectivity index is 1.75. The molecule has 0 fully saturated rings. The number of amides is 1. The molecule has 6 heteroatoms. The van der Waals surface area contributed by atoms with E-state index in [2.05, 4.69) is 0 Å². The van der Waals surface area contributed by atoms with Crippen molar-refractivity contribution in [1.29, 1.82) is 0 Å². The van der Waals surface area contributed by atoms with Gasteiger partial charge in [0.2, 0.25) is 0 Å². The van der Waals surface area contributed by atoms with E-state index in [0.717, 1.165) is 11.1 Å². The van der Waals surface area contributed by atoms with Gasteiger partial charge >= 0.3 is 12.1 Å². The van der Waals surface area contributed by atoms with Crippen molar-refractivity contribution in [2.24, 2.45) is 0 Å². The van der Waals surface area contributed by atoms with Crippen LogP contribution in [0.15, 0.2) is 60.7 Å². The van der Waals surface area contributed by atoms with Gasteiger partial charge in [0.1, 0.15) is 13.2 Å². The summed E-state index contributed by atoms with van der Waals surface area (Å²) < 4.78 is 10.4. The van der Waals surface area contributed by atoms with Crippen LogP contribution in [0.2, 0.25) is 0 Å². The van der Waals surface area contributed by atoms with Gasteiger partial charge in [-0.3, -0.25) is 4.79 Å². The minimum atomic E-state index is -0.571. The molecule has 0 heterocycles. The number of carbonyl (C=O) groups is 2. The van der Waals surface area contributed by atoms with Gasteiger partial charge in [-0.05, 0) is 11.1 Å². The van der Waals surface area contributed by atoms with E-state index < -0.39 is 12.1 Å². The molecule has 26 heavy (non-hydrogen) atoms. The van der Waals surface area contributed by atoms with Gasteiger partial charge in [-0.25, -0.2) is 4.79 Å². The van der Waals surface area contributed by atoms with Gasteiger partial charge in [0.05, 0.1) is 13.0 Å². The van der Waals surface area contributed by atoms with E-state index in [9.17, 15) is 9.59 Å². The Bertz CT molecular complexity index is 675. The van der Waals surface area contributed by atoms with E-state index in [1.165, 1.54) is 4.90 Å². The molecule has 0 aliphatic rings. The second kappa shape index (κ2) is 10.9. The van der Waals surface area contributed by atoms with Crippen molar-refractivity contribution < 1.29 is 24.2 Å². The Hall–Kier alpha value is -2.86. The number of nitrogens with zero attached hydrogens (tertiary/aromatic N) is 1. The highest BCUT2D eigenvalue weighted by Gasteiger charge is 2.16. The first-order valence-electron chi connectivity index (χ1n) is 8.45. The molecule has 0 atom stereocenters. The molecule has 2 rings (SSSR count). The second-order valence-electron chi connectivity index (χ2n) is 5.65. The fraction of sp³-hybridized carbons (Fsp3) is 0.300. The zero-order valence-corrected chi connectivity index (χ0v) is 14.5. The van der Waals surface area contributed by atoms with Crippen molar-refractivity contribution in [1.82, 2.24) is 4.90 Å². The number of rotatable bonds is 9. The molecule has 0 aliphatic heterocycles. The van der Waals surface area contributed by atoms with Crippen molar-refractivity contribution in [3.63, 3.8) is 0 Å². The first kappa shape index (κ1) is 19.5. The number of hydrogen-bond acceptors (Lipinski definition) is 5. The third-order valence-electron chi connectivity index (χ3n) is 3.66. The maximum Gasteiger partial charge on any atom is 0.410 e. The highest BCUT2D eigenvalue weighted by molar-refractivity contribution is 5.72. The maximum atomic E-state index is 12.1. The fourth-order valence-electron chi connectivity index (χ4n) is 2.26. The summed E-state index contributed by atoms with van der Waals surface area (Å²) in [5, 5.41) is 9.12. The summed E-state index contributed by atoms with van der Waals surface area (Å²) in [4.78, 5) is 25.3. The highest BCUT2D eigenvalue weighted by Crippen LogP contribution is 2.05. The van der Waals surface area contributed by atoms with Crippen LogP contribution in [0.5, 0.6) is 0 Å². The molecule has 0 bridgehead atoms. The molecule has 0 spiro atoms. The Labute approximate surface area is 153 Å². The Morgan fingerprint density at radius 2 is 1.35 bits per heavy atom. The van der Waals surface area contributed by atoms with Gasteiger partial charge in [-0.1, -0.05) is 60.7 Å². The molecule has 138 valence electrons. The summed E-state index contributed by atoms with van der Waals surface area (Å²) in [7, 11) is 0. The van der Waals surface area contributed by atoms with E-state index in [1.807, 2.05) is 60.7 Å². The molecule has 0 saturated carbocycles. The Morgan fingerprint density at radius 3 is 1.88 bits per heavy atom. The van der Waals surface area contributed by atoms with Crippen molar-refractivity contribution in [3.05, 3.63) is 71.8 Å². The third-order valence-corrected chi connectivity index (χ3v) is 3.66. The molecule has 0 unspecified atom stereocenters. The van der Waals surface area contributed by atoms with Crippen molar-refractivity contribution in [2.45, 2.75) is 19.6 Å². The number of aliphatic hydroxyl groups excluding tert-OH is 1. The van der Waals surface area contributed by atoms with Crippen LogP contribution in [0, 0.1) is 0 Å². The summed E-state index contributed by atoms with van der Waals surface area (Å²) >= 11 is 0. The van der Waals surface area contributed by atoms with E-state index in [-0.39, 0.29) is 39.3 Å². The molecule has 1 N–H and O–H groups in total.